The van der Waals surface area contributed by atoms with Gasteiger partial charge in [-0.2, -0.15) is 0 Å². The molecule has 0 aromatic heterocycles. The first-order valence-electron chi connectivity index (χ1n) is 44.5. The van der Waals surface area contributed by atoms with Crippen LogP contribution in [0, 0.1) is 0 Å². The highest BCUT2D eigenvalue weighted by Crippen LogP contribution is 2.35. The molecule has 1 fully saturated rings. The quantitative estimate of drug-likeness (QED) is 0.0167. The van der Waals surface area contributed by atoms with E-state index < -0.39 is 5.97 Å². The van der Waals surface area contributed by atoms with Gasteiger partial charge in [0.15, 0.2) is 0 Å². The standard InChI is InChI=1S/C94H138O25/c1-2-83(95)108-65-30-6-18-42-85(97)110-67-32-8-20-44-87(99)112-69-34-10-22-46-89(101)114-71-36-12-24-48-91(103)116-73-38-14-26-50-93(105)118-75-39-15-27-51-92(104)117-74-37-13-25-49-90(102)115-72-35-11-23-47-88(100)113-70-33-9-21-45-86(98)111-68-31-7-19-43-84(96)109-66-29-4-3-28-64-107-81-60-56-79(57-61-81)77-52-54-80(55-53-77)94(106)119-82-62-58-78(59-63-82)76-40-16-5-17-41-76/h2,5,16-17,40-41,52-55,58-59,62-63,79,81H,1,3-4,6-15,18-39,42-51,56-57,60-61,64-75H2/t79-,81-. The van der Waals surface area contributed by atoms with Gasteiger partial charge in [-0.3, -0.25) is 47.9 Å². The van der Waals surface area contributed by atoms with E-state index in [1.165, 1.54) is 5.56 Å². The van der Waals surface area contributed by atoms with Crippen LogP contribution in [0.1, 0.15) is 330 Å². The fourth-order valence-corrected chi connectivity index (χ4v) is 13.1. The summed E-state index contributed by atoms with van der Waals surface area (Å²) < 4.78 is 70.0. The summed E-state index contributed by atoms with van der Waals surface area (Å²) in [6.07, 6.45) is 32.3. The summed E-state index contributed by atoms with van der Waals surface area (Å²) in [7, 11) is 0. The van der Waals surface area contributed by atoms with Gasteiger partial charge >= 0.3 is 71.6 Å². The summed E-state index contributed by atoms with van der Waals surface area (Å²) in [6, 6.07) is 25.4. The molecule has 25 heteroatoms. The predicted octanol–water partition coefficient (Wildman–Crippen LogP) is 18.9. The normalized spacial score (nSPS) is 12.9. The number of carbonyl (C=O) groups excluding carboxylic acids is 12. The Kier molecular flexibility index (Phi) is 60.0. The molecule has 0 atom stereocenters. The van der Waals surface area contributed by atoms with Crippen molar-refractivity contribution in [2.24, 2.45) is 0 Å². The zero-order chi connectivity index (χ0) is 85.5. The third-order valence-corrected chi connectivity index (χ3v) is 20.2. The van der Waals surface area contributed by atoms with Gasteiger partial charge in [0.25, 0.3) is 0 Å². The summed E-state index contributed by atoms with van der Waals surface area (Å²) in [6.45, 7) is 7.37. The Morgan fingerprint density at radius 3 is 0.773 bits per heavy atom. The van der Waals surface area contributed by atoms with Crippen LogP contribution in [0.4, 0.5) is 0 Å². The van der Waals surface area contributed by atoms with Gasteiger partial charge in [-0.05, 0) is 284 Å². The molecule has 0 spiro atoms. The third-order valence-electron chi connectivity index (χ3n) is 20.2. The Labute approximate surface area is 706 Å². The smallest absolute Gasteiger partial charge is 0.343 e. The molecule has 0 radical (unpaired) electrons. The van der Waals surface area contributed by atoms with Gasteiger partial charge in [-0.25, -0.2) is 9.59 Å². The van der Waals surface area contributed by atoms with Crippen molar-refractivity contribution in [1.82, 2.24) is 0 Å². The molecular formula is C94H138O25. The van der Waals surface area contributed by atoms with Gasteiger partial charge in [-0.15, -0.1) is 0 Å². The van der Waals surface area contributed by atoms with E-state index in [-0.39, 0.29) is 150 Å². The lowest BCUT2D eigenvalue weighted by Crippen LogP contribution is -2.21. The molecule has 664 valence electrons. The summed E-state index contributed by atoms with van der Waals surface area (Å²) in [5.41, 5.74) is 3.94. The van der Waals surface area contributed by atoms with Gasteiger partial charge in [0.05, 0.1) is 84.3 Å². The van der Waals surface area contributed by atoms with Crippen LogP contribution in [0.15, 0.2) is 91.5 Å². The highest BCUT2D eigenvalue weighted by molar-refractivity contribution is 5.91. The monoisotopic (exact) mass is 1670 g/mol. The molecule has 3 aromatic rings. The van der Waals surface area contributed by atoms with Crippen molar-refractivity contribution in [2.45, 2.75) is 320 Å². The van der Waals surface area contributed by atoms with Crippen LogP contribution >= 0.6 is 0 Å². The zero-order valence-corrected chi connectivity index (χ0v) is 71.1. The van der Waals surface area contributed by atoms with E-state index in [1.54, 1.807) is 0 Å². The van der Waals surface area contributed by atoms with Crippen molar-refractivity contribution in [2.75, 3.05) is 79.3 Å². The Bertz CT molecular complexity index is 3290. The molecule has 0 heterocycles. The lowest BCUT2D eigenvalue weighted by atomic mass is 9.82. The first-order valence-corrected chi connectivity index (χ1v) is 44.5. The molecule has 0 bridgehead atoms. The first-order chi connectivity index (χ1) is 58.1. The van der Waals surface area contributed by atoms with Crippen molar-refractivity contribution >= 4 is 71.6 Å². The second-order valence-corrected chi connectivity index (χ2v) is 30.3. The Morgan fingerprint density at radius 1 is 0.261 bits per heavy atom. The molecule has 3 aromatic carbocycles. The van der Waals surface area contributed by atoms with E-state index in [2.05, 4.69) is 18.7 Å². The molecule has 0 N–H and O–H groups in total. The van der Waals surface area contributed by atoms with Crippen LogP contribution in [0.25, 0.3) is 11.1 Å². The largest absolute Gasteiger partial charge is 0.466 e. The van der Waals surface area contributed by atoms with Crippen LogP contribution in [0.5, 0.6) is 5.75 Å². The van der Waals surface area contributed by atoms with Crippen LogP contribution in [0.2, 0.25) is 0 Å². The highest BCUT2D eigenvalue weighted by Gasteiger charge is 2.24. The number of ether oxygens (including phenoxy) is 13. The minimum Gasteiger partial charge on any atom is -0.466 e. The van der Waals surface area contributed by atoms with Crippen LogP contribution in [-0.4, -0.2) is 157 Å². The van der Waals surface area contributed by atoms with E-state index in [4.69, 9.17) is 61.6 Å². The van der Waals surface area contributed by atoms with E-state index in [0.717, 1.165) is 107 Å². The zero-order valence-electron chi connectivity index (χ0n) is 71.1. The minimum absolute atomic E-state index is 0.200. The van der Waals surface area contributed by atoms with Gasteiger partial charge in [0.1, 0.15) is 5.75 Å². The summed E-state index contributed by atoms with van der Waals surface area (Å²) in [4.78, 5) is 145. The molecule has 1 aliphatic rings. The number of esters is 12. The van der Waals surface area contributed by atoms with E-state index in [0.29, 0.717) is 236 Å². The molecule has 1 saturated carbocycles. The summed E-state index contributed by atoms with van der Waals surface area (Å²) in [5, 5.41) is 0. The average Bonchev–Trinajstić information content (AvgIpc) is 0.839. The molecule has 0 amide bonds. The van der Waals surface area contributed by atoms with E-state index in [9.17, 15) is 57.5 Å². The number of hydrogen-bond donors (Lipinski definition) is 0. The van der Waals surface area contributed by atoms with Gasteiger partial charge in [0.2, 0.25) is 0 Å². The molecule has 1 aliphatic carbocycles. The molecule has 0 aliphatic heterocycles. The third kappa shape index (κ3) is 57.0. The number of unbranched alkanes of at least 4 members (excludes halogenated alkanes) is 23. The van der Waals surface area contributed by atoms with Gasteiger partial charge in [-0.1, -0.05) is 67.6 Å². The SMILES string of the molecule is C=CC(=O)OCCCCCC(=O)OCCCCCC(=O)OCCCCCC(=O)OCCCCCC(=O)OCCCCCC(=O)OCCCCCC(=O)OCCCCCC(=O)OCCCCCC(=O)OCCCCCC(=O)OCCCCCC(=O)OCCCCCCO[C@H]1CC[C@H](c2ccc(C(=O)Oc3ccc(-c4ccccc4)cc3)cc2)CC1. The van der Waals surface area contributed by atoms with Crippen molar-refractivity contribution in [3.8, 4) is 16.9 Å². The van der Waals surface area contributed by atoms with E-state index in [1.807, 2.05) is 66.7 Å². The van der Waals surface area contributed by atoms with Crippen LogP contribution < -0.4 is 4.74 Å². The Morgan fingerprint density at radius 2 is 0.504 bits per heavy atom. The highest BCUT2D eigenvalue weighted by atomic mass is 16.6. The van der Waals surface area contributed by atoms with E-state index >= 15 is 0 Å². The number of hydrogen-bond acceptors (Lipinski definition) is 25. The number of rotatable bonds is 73. The topological polar surface area (TPSA) is 325 Å². The van der Waals surface area contributed by atoms with Crippen LogP contribution in [-0.2, 0) is 110 Å². The minimum atomic E-state index is -0.457. The molecular weight excluding hydrogens is 1530 g/mol. The molecule has 0 unspecified atom stereocenters. The average molecular weight is 1670 g/mol. The van der Waals surface area contributed by atoms with Crippen molar-refractivity contribution in [1.29, 1.82) is 0 Å². The molecule has 0 saturated heterocycles. The lowest BCUT2D eigenvalue weighted by molar-refractivity contribution is -0.146. The maximum atomic E-state index is 12.9. The predicted molar refractivity (Wildman–Crippen MR) is 448 cm³/mol. The Balaban J connectivity index is 0.776. The molecule has 119 heavy (non-hydrogen) atoms. The maximum Gasteiger partial charge on any atom is 0.343 e. The second kappa shape index (κ2) is 69.8. The Hall–Kier alpha value is -9.00. The van der Waals surface area contributed by atoms with Crippen LogP contribution in [0.3, 0.4) is 0 Å². The lowest BCUT2D eigenvalue weighted by Gasteiger charge is -2.29. The van der Waals surface area contributed by atoms with Crippen molar-refractivity contribution in [3.63, 3.8) is 0 Å². The van der Waals surface area contributed by atoms with Crippen molar-refractivity contribution < 1.29 is 119 Å². The maximum absolute atomic E-state index is 12.9. The first kappa shape index (κ1) is 102. The molecule has 25 nitrogen and oxygen atoms in total. The number of carbonyl (C=O) groups is 12. The van der Waals surface area contributed by atoms with Crippen molar-refractivity contribution in [3.05, 3.63) is 103 Å². The number of benzene rings is 3. The van der Waals surface area contributed by atoms with Gasteiger partial charge < -0.3 is 61.6 Å². The fourth-order valence-electron chi connectivity index (χ4n) is 13.1. The molecule has 4 rings (SSSR count). The summed E-state index contributed by atoms with van der Waals surface area (Å²) >= 11 is 0. The second-order valence-electron chi connectivity index (χ2n) is 30.3. The summed E-state index contributed by atoms with van der Waals surface area (Å²) in [5.74, 6) is -2.56. The van der Waals surface area contributed by atoms with Gasteiger partial charge in [0, 0.05) is 76.9 Å². The fraction of sp³-hybridized carbons (Fsp3) is 0.660.